The second kappa shape index (κ2) is 13.7. The van der Waals surface area contributed by atoms with Crippen LogP contribution in [0.25, 0.3) is 11.3 Å². The predicted octanol–water partition coefficient (Wildman–Crippen LogP) is 7.09. The molecular weight excluding hydrogens is 556 g/mol. The molecule has 1 N–H and O–H groups in total. The summed E-state index contributed by atoms with van der Waals surface area (Å²) in [5, 5.41) is 8.41. The Hall–Kier alpha value is -4.09. The Labute approximate surface area is 241 Å². The monoisotopic (exact) mass is 590 g/mol. The highest BCUT2D eigenvalue weighted by Gasteiger charge is 2.31. The van der Waals surface area contributed by atoms with Gasteiger partial charge in [0.25, 0.3) is 5.91 Å². The molecule has 12 heteroatoms. The second-order valence-corrected chi connectivity index (χ2v) is 10.4. The van der Waals surface area contributed by atoms with Crippen molar-refractivity contribution in [2.45, 2.75) is 64.4 Å². The number of ether oxygens (including phenoxy) is 1. The lowest BCUT2D eigenvalue weighted by molar-refractivity contribution is -0.274. The van der Waals surface area contributed by atoms with Crippen LogP contribution in [0.5, 0.6) is 5.75 Å². The summed E-state index contributed by atoms with van der Waals surface area (Å²) >= 11 is 0. The lowest BCUT2D eigenvalue weighted by Crippen LogP contribution is -2.29. The molecule has 0 spiro atoms. The highest BCUT2D eigenvalue weighted by atomic mass is 19.4. The van der Waals surface area contributed by atoms with Gasteiger partial charge in [-0.3, -0.25) is 14.4 Å². The van der Waals surface area contributed by atoms with Crippen molar-refractivity contribution < 1.29 is 37.0 Å². The summed E-state index contributed by atoms with van der Waals surface area (Å²) in [7, 11) is 1.53. The van der Waals surface area contributed by atoms with Gasteiger partial charge in [-0.15, -0.1) is 13.2 Å². The van der Waals surface area contributed by atoms with E-state index in [0.29, 0.717) is 29.3 Å². The standard InChI is InChI=1S/C30H34F4N4O4/c1-3-38-26(19-25(36-38)20-11-15-24(16-12-20)41-30(31,32)33)28(21-7-5-4-6-8-21)35-23-13-9-22(10-14-23)29(40)37(2)18-17-27(39)42-34/h9-16,19,21,28,35H,3-8,17-18H2,1-2H3. The highest BCUT2D eigenvalue weighted by molar-refractivity contribution is 5.94. The van der Waals surface area contributed by atoms with E-state index in [0.717, 1.165) is 37.1 Å². The Morgan fingerprint density at radius 3 is 2.33 bits per heavy atom. The van der Waals surface area contributed by atoms with Crippen LogP contribution in [0.4, 0.5) is 23.4 Å². The SMILES string of the molecule is CCn1nc(-c2ccc(OC(F)(F)F)cc2)cc1C(Nc1ccc(C(=O)N(C)CCC(=O)OF)cc1)C1CCCCC1. The van der Waals surface area contributed by atoms with E-state index in [1.165, 1.54) is 30.5 Å². The molecule has 4 rings (SSSR count). The van der Waals surface area contributed by atoms with Crippen molar-refractivity contribution in [2.24, 2.45) is 5.92 Å². The number of carbonyl (C=O) groups excluding carboxylic acids is 2. The minimum absolute atomic E-state index is 0.0206. The molecular formula is C30H34F4N4O4. The summed E-state index contributed by atoms with van der Waals surface area (Å²) in [6.07, 6.45) is 0.479. The molecule has 1 saturated carbocycles. The first kappa shape index (κ1) is 30.9. The van der Waals surface area contributed by atoms with Crippen molar-refractivity contribution >= 4 is 17.6 Å². The fraction of sp³-hybridized carbons (Fsp3) is 0.433. The number of hydrogen-bond donors (Lipinski definition) is 1. The highest BCUT2D eigenvalue weighted by Crippen LogP contribution is 2.38. The largest absolute Gasteiger partial charge is 0.573 e. The van der Waals surface area contributed by atoms with Crippen molar-refractivity contribution in [3.05, 3.63) is 65.9 Å². The average Bonchev–Trinajstić information content (AvgIpc) is 3.42. The van der Waals surface area contributed by atoms with E-state index in [2.05, 4.69) is 15.0 Å². The molecule has 0 aliphatic heterocycles. The van der Waals surface area contributed by atoms with E-state index < -0.39 is 12.3 Å². The molecule has 226 valence electrons. The van der Waals surface area contributed by atoms with Crippen LogP contribution in [-0.2, 0) is 16.3 Å². The second-order valence-electron chi connectivity index (χ2n) is 10.4. The van der Waals surface area contributed by atoms with Gasteiger partial charge in [0.15, 0.2) is 0 Å². The van der Waals surface area contributed by atoms with Gasteiger partial charge in [-0.05, 0) is 80.3 Å². The van der Waals surface area contributed by atoms with Crippen LogP contribution in [0, 0.1) is 5.92 Å². The molecule has 1 aliphatic carbocycles. The molecule has 2 aromatic carbocycles. The van der Waals surface area contributed by atoms with Gasteiger partial charge in [0.2, 0.25) is 0 Å². The van der Waals surface area contributed by atoms with Crippen LogP contribution in [0.15, 0.2) is 54.6 Å². The summed E-state index contributed by atoms with van der Waals surface area (Å²) in [4.78, 5) is 28.3. The zero-order valence-electron chi connectivity index (χ0n) is 23.5. The third kappa shape index (κ3) is 8.01. The fourth-order valence-corrected chi connectivity index (χ4v) is 5.31. The van der Waals surface area contributed by atoms with Gasteiger partial charge >= 0.3 is 12.3 Å². The molecule has 1 aromatic heterocycles. The first-order valence-electron chi connectivity index (χ1n) is 14.0. The number of hydrogen-bond acceptors (Lipinski definition) is 6. The minimum Gasteiger partial charge on any atom is -0.406 e. The van der Waals surface area contributed by atoms with Crippen molar-refractivity contribution in [1.82, 2.24) is 14.7 Å². The number of halogens is 4. The number of amides is 1. The molecule has 1 atom stereocenters. The predicted molar refractivity (Wildman–Crippen MR) is 148 cm³/mol. The van der Waals surface area contributed by atoms with E-state index in [-0.39, 0.29) is 30.7 Å². The number of aromatic nitrogens is 2. The van der Waals surface area contributed by atoms with E-state index in [4.69, 9.17) is 5.10 Å². The summed E-state index contributed by atoms with van der Waals surface area (Å²) in [5.41, 5.74) is 3.52. The molecule has 8 nitrogen and oxygen atoms in total. The van der Waals surface area contributed by atoms with Gasteiger partial charge < -0.3 is 15.0 Å². The Balaban J connectivity index is 1.55. The van der Waals surface area contributed by atoms with Crippen molar-refractivity contribution in [1.29, 1.82) is 0 Å². The average molecular weight is 591 g/mol. The Kier molecular flexibility index (Phi) is 10.1. The molecule has 1 heterocycles. The topological polar surface area (TPSA) is 85.7 Å². The zero-order valence-corrected chi connectivity index (χ0v) is 23.5. The third-order valence-electron chi connectivity index (χ3n) is 7.47. The van der Waals surface area contributed by atoms with E-state index in [1.807, 2.05) is 29.8 Å². The number of benzene rings is 2. The fourth-order valence-electron chi connectivity index (χ4n) is 5.31. The first-order valence-corrected chi connectivity index (χ1v) is 14.0. The maximum atomic E-state index is 12.7. The molecule has 3 aromatic rings. The summed E-state index contributed by atoms with van der Waals surface area (Å²) < 4.78 is 55.6. The Morgan fingerprint density at radius 1 is 1.07 bits per heavy atom. The minimum atomic E-state index is -4.76. The number of alkyl halides is 3. The molecule has 1 unspecified atom stereocenters. The van der Waals surface area contributed by atoms with Crippen LogP contribution in [0.1, 0.15) is 67.5 Å². The van der Waals surface area contributed by atoms with Gasteiger partial charge in [0, 0.05) is 41.5 Å². The van der Waals surface area contributed by atoms with Crippen molar-refractivity contribution in [3.63, 3.8) is 0 Å². The van der Waals surface area contributed by atoms with Gasteiger partial charge in [0.05, 0.1) is 23.9 Å². The van der Waals surface area contributed by atoms with Crippen LogP contribution >= 0.6 is 0 Å². The normalized spacial score (nSPS) is 14.7. The molecule has 0 saturated heterocycles. The lowest BCUT2D eigenvalue weighted by Gasteiger charge is -2.32. The number of carbonyl (C=O) groups is 2. The number of anilines is 1. The maximum Gasteiger partial charge on any atom is 0.573 e. The van der Waals surface area contributed by atoms with Crippen LogP contribution in [-0.4, -0.2) is 46.5 Å². The maximum absolute atomic E-state index is 12.7. The number of nitrogens with one attached hydrogen (secondary N) is 1. The number of rotatable bonds is 11. The van der Waals surface area contributed by atoms with Gasteiger partial charge in [-0.2, -0.15) is 5.10 Å². The number of aryl methyl sites for hydroxylation is 1. The lowest BCUT2D eigenvalue weighted by atomic mass is 9.82. The Morgan fingerprint density at radius 2 is 1.74 bits per heavy atom. The van der Waals surface area contributed by atoms with Gasteiger partial charge in [-0.1, -0.05) is 19.3 Å². The first-order chi connectivity index (χ1) is 20.1. The van der Waals surface area contributed by atoms with Crippen LogP contribution in [0.2, 0.25) is 0 Å². The van der Waals surface area contributed by atoms with Gasteiger partial charge in [0.1, 0.15) is 5.75 Å². The molecule has 0 radical (unpaired) electrons. The molecule has 1 amide bonds. The van der Waals surface area contributed by atoms with E-state index in [9.17, 15) is 27.3 Å². The van der Waals surface area contributed by atoms with Crippen LogP contribution in [0.3, 0.4) is 0 Å². The smallest absolute Gasteiger partial charge is 0.406 e. The molecule has 1 aliphatic rings. The Bertz CT molecular complexity index is 1340. The molecule has 42 heavy (non-hydrogen) atoms. The summed E-state index contributed by atoms with van der Waals surface area (Å²) in [6.45, 7) is 2.61. The van der Waals surface area contributed by atoms with E-state index >= 15 is 0 Å². The van der Waals surface area contributed by atoms with Gasteiger partial charge in [-0.25, -0.2) is 4.79 Å². The van der Waals surface area contributed by atoms with Crippen LogP contribution < -0.4 is 10.1 Å². The van der Waals surface area contributed by atoms with Crippen molar-refractivity contribution in [3.8, 4) is 17.0 Å². The van der Waals surface area contributed by atoms with E-state index in [1.54, 1.807) is 24.3 Å². The molecule has 0 bridgehead atoms. The zero-order chi connectivity index (χ0) is 30.3. The third-order valence-corrected chi connectivity index (χ3v) is 7.47. The number of nitrogens with zero attached hydrogens (tertiary/aromatic N) is 3. The van der Waals surface area contributed by atoms with Crippen molar-refractivity contribution in [2.75, 3.05) is 18.9 Å². The molecule has 1 fully saturated rings. The summed E-state index contributed by atoms with van der Waals surface area (Å²) in [6, 6.07) is 14.6. The summed E-state index contributed by atoms with van der Waals surface area (Å²) in [5.74, 6) is -1.31. The quantitative estimate of drug-likeness (QED) is 0.240.